The average molecular weight is 334 g/mol. The normalized spacial score (nSPS) is 14.3. The molecule has 136 valence electrons. The van der Waals surface area contributed by atoms with Crippen LogP contribution >= 0.6 is 0 Å². The molecule has 1 heterocycles. The molecular weight excluding hydrogens is 298 g/mol. The van der Waals surface area contributed by atoms with Crippen molar-refractivity contribution in [2.45, 2.75) is 84.2 Å². The molecular formula is C20H35N3O. The molecule has 2 N–H and O–H groups in total. The van der Waals surface area contributed by atoms with Crippen LogP contribution in [0.2, 0.25) is 0 Å². The van der Waals surface area contributed by atoms with E-state index < -0.39 is 5.41 Å². The summed E-state index contributed by atoms with van der Waals surface area (Å²) in [6.07, 6.45) is 6.49. The van der Waals surface area contributed by atoms with E-state index in [1.807, 2.05) is 18.2 Å². The zero-order chi connectivity index (χ0) is 18.2. The van der Waals surface area contributed by atoms with Crippen molar-refractivity contribution in [3.63, 3.8) is 0 Å². The maximum Gasteiger partial charge on any atom is 0.229 e. The lowest BCUT2D eigenvalue weighted by Crippen LogP contribution is -2.47. The van der Waals surface area contributed by atoms with E-state index in [1.54, 1.807) is 6.20 Å². The standard InChI is InChI=1S/C20H35N3O/c1-6-7-9-12-20(19(21)24,18-11-8-10-14-22-18)13-15-23(16(2)3)17(4)5/h8,10-11,14,16-17H,6-7,9,12-13,15H2,1-5H3,(H2,21,24)/t20-/m1/s1. The molecule has 0 bridgehead atoms. The maximum absolute atomic E-state index is 12.5. The fourth-order valence-electron chi connectivity index (χ4n) is 3.51. The molecule has 0 saturated carbocycles. The number of nitrogens with two attached hydrogens (primary N) is 1. The van der Waals surface area contributed by atoms with Crippen molar-refractivity contribution in [2.24, 2.45) is 5.73 Å². The number of nitrogens with zero attached hydrogens (tertiary/aromatic N) is 2. The number of hydrogen-bond acceptors (Lipinski definition) is 3. The summed E-state index contributed by atoms with van der Waals surface area (Å²) in [5, 5.41) is 0. The van der Waals surface area contributed by atoms with Crippen LogP contribution < -0.4 is 5.73 Å². The molecule has 0 aliphatic rings. The van der Waals surface area contributed by atoms with Gasteiger partial charge in [-0.3, -0.25) is 14.7 Å². The zero-order valence-corrected chi connectivity index (χ0v) is 16.1. The van der Waals surface area contributed by atoms with Crippen molar-refractivity contribution in [1.29, 1.82) is 0 Å². The lowest BCUT2D eigenvalue weighted by Gasteiger charge is -2.36. The number of unbranched alkanes of at least 4 members (excludes halogenated alkanes) is 2. The Balaban J connectivity index is 3.09. The van der Waals surface area contributed by atoms with Gasteiger partial charge in [0.1, 0.15) is 0 Å². The Morgan fingerprint density at radius 3 is 2.29 bits per heavy atom. The molecule has 0 aromatic carbocycles. The van der Waals surface area contributed by atoms with Crippen molar-refractivity contribution in [3.8, 4) is 0 Å². The lowest BCUT2D eigenvalue weighted by atomic mass is 9.75. The first-order valence-corrected chi connectivity index (χ1v) is 9.32. The summed E-state index contributed by atoms with van der Waals surface area (Å²) in [7, 11) is 0. The molecule has 0 spiro atoms. The van der Waals surface area contributed by atoms with Crippen LogP contribution in [0.1, 0.15) is 72.4 Å². The summed E-state index contributed by atoms with van der Waals surface area (Å²) >= 11 is 0. The zero-order valence-electron chi connectivity index (χ0n) is 16.1. The highest BCUT2D eigenvalue weighted by molar-refractivity contribution is 5.86. The van der Waals surface area contributed by atoms with Gasteiger partial charge in [-0.2, -0.15) is 0 Å². The molecule has 24 heavy (non-hydrogen) atoms. The maximum atomic E-state index is 12.5. The molecule has 0 aliphatic carbocycles. The second-order valence-electron chi connectivity index (χ2n) is 7.29. The molecule has 4 nitrogen and oxygen atoms in total. The molecule has 0 radical (unpaired) electrons. The molecule has 0 aliphatic heterocycles. The molecule has 0 fully saturated rings. The minimum Gasteiger partial charge on any atom is -0.369 e. The monoisotopic (exact) mass is 333 g/mol. The smallest absolute Gasteiger partial charge is 0.229 e. The largest absolute Gasteiger partial charge is 0.369 e. The Labute approximate surface area is 147 Å². The van der Waals surface area contributed by atoms with Gasteiger partial charge in [-0.15, -0.1) is 0 Å². The van der Waals surface area contributed by atoms with Gasteiger partial charge in [0.25, 0.3) is 0 Å². The highest BCUT2D eigenvalue weighted by atomic mass is 16.1. The third-order valence-electron chi connectivity index (χ3n) is 4.96. The molecule has 1 aromatic heterocycles. The Morgan fingerprint density at radius 1 is 1.17 bits per heavy atom. The third kappa shape index (κ3) is 5.30. The van der Waals surface area contributed by atoms with Gasteiger partial charge < -0.3 is 5.73 Å². The highest BCUT2D eigenvalue weighted by Crippen LogP contribution is 2.33. The summed E-state index contributed by atoms with van der Waals surface area (Å²) in [5.41, 5.74) is 6.08. The fourth-order valence-corrected chi connectivity index (χ4v) is 3.51. The van der Waals surface area contributed by atoms with Gasteiger partial charge in [-0.25, -0.2) is 0 Å². The fraction of sp³-hybridized carbons (Fsp3) is 0.700. The van der Waals surface area contributed by atoms with E-state index in [1.165, 1.54) is 0 Å². The predicted molar refractivity (Wildman–Crippen MR) is 101 cm³/mol. The van der Waals surface area contributed by atoms with Crippen molar-refractivity contribution >= 4 is 5.91 Å². The molecule has 0 saturated heterocycles. The van der Waals surface area contributed by atoms with Crippen molar-refractivity contribution in [2.75, 3.05) is 6.54 Å². The summed E-state index contributed by atoms with van der Waals surface area (Å²) in [5.74, 6) is -0.246. The van der Waals surface area contributed by atoms with E-state index in [-0.39, 0.29) is 5.91 Å². The lowest BCUT2D eigenvalue weighted by molar-refractivity contribution is -0.124. The van der Waals surface area contributed by atoms with Crippen LogP contribution in [-0.4, -0.2) is 34.4 Å². The van der Waals surface area contributed by atoms with E-state index in [2.05, 4.69) is 44.5 Å². The number of primary amides is 1. The first-order chi connectivity index (χ1) is 11.3. The first-order valence-electron chi connectivity index (χ1n) is 9.32. The number of rotatable bonds is 11. The Hall–Kier alpha value is -1.42. The van der Waals surface area contributed by atoms with Crippen LogP contribution in [0.5, 0.6) is 0 Å². The topological polar surface area (TPSA) is 59.2 Å². The summed E-state index contributed by atoms with van der Waals surface area (Å²) in [6, 6.07) is 6.66. The van der Waals surface area contributed by atoms with Gasteiger partial charge in [0.15, 0.2) is 0 Å². The number of carbonyl (C=O) groups excluding carboxylic acids is 1. The van der Waals surface area contributed by atoms with E-state index >= 15 is 0 Å². The average Bonchev–Trinajstić information content (AvgIpc) is 2.53. The van der Waals surface area contributed by atoms with Crippen molar-refractivity contribution in [3.05, 3.63) is 30.1 Å². The van der Waals surface area contributed by atoms with Gasteiger partial charge in [-0.1, -0.05) is 32.3 Å². The third-order valence-corrected chi connectivity index (χ3v) is 4.96. The number of aromatic nitrogens is 1. The number of hydrogen-bond donors (Lipinski definition) is 1. The summed E-state index contributed by atoms with van der Waals surface area (Å²) in [6.45, 7) is 11.8. The van der Waals surface area contributed by atoms with Crippen LogP contribution in [0, 0.1) is 0 Å². The van der Waals surface area contributed by atoms with E-state index in [0.29, 0.717) is 12.1 Å². The molecule has 1 aromatic rings. The van der Waals surface area contributed by atoms with E-state index in [4.69, 9.17) is 5.73 Å². The molecule has 4 heteroatoms. The van der Waals surface area contributed by atoms with Crippen LogP contribution in [0.15, 0.2) is 24.4 Å². The van der Waals surface area contributed by atoms with Crippen molar-refractivity contribution < 1.29 is 4.79 Å². The summed E-state index contributed by atoms with van der Waals surface area (Å²) in [4.78, 5) is 19.4. The van der Waals surface area contributed by atoms with Crippen LogP contribution in [0.4, 0.5) is 0 Å². The van der Waals surface area contributed by atoms with Crippen LogP contribution in [0.3, 0.4) is 0 Å². The molecule has 1 amide bonds. The Kier molecular flexibility index (Phi) is 8.40. The van der Waals surface area contributed by atoms with Gasteiger partial charge in [-0.05, 0) is 52.7 Å². The van der Waals surface area contributed by atoms with Crippen LogP contribution in [-0.2, 0) is 10.2 Å². The number of carbonyl (C=O) groups is 1. The molecule has 1 rings (SSSR count). The minimum atomic E-state index is -0.668. The number of amides is 1. The second kappa shape index (κ2) is 9.77. The van der Waals surface area contributed by atoms with Gasteiger partial charge >= 0.3 is 0 Å². The van der Waals surface area contributed by atoms with Gasteiger partial charge in [0.2, 0.25) is 5.91 Å². The highest BCUT2D eigenvalue weighted by Gasteiger charge is 2.39. The second-order valence-corrected chi connectivity index (χ2v) is 7.29. The molecule has 0 unspecified atom stereocenters. The quantitative estimate of drug-likeness (QED) is 0.625. The number of pyridine rings is 1. The Morgan fingerprint density at radius 2 is 1.83 bits per heavy atom. The predicted octanol–water partition coefficient (Wildman–Crippen LogP) is 3.89. The van der Waals surface area contributed by atoms with E-state index in [0.717, 1.165) is 44.3 Å². The van der Waals surface area contributed by atoms with E-state index in [9.17, 15) is 4.79 Å². The molecule has 1 atom stereocenters. The SMILES string of the molecule is CCCCC[C@](CCN(C(C)C)C(C)C)(C(N)=O)c1ccccn1. The first kappa shape index (κ1) is 20.6. The Bertz CT molecular complexity index is 479. The summed E-state index contributed by atoms with van der Waals surface area (Å²) < 4.78 is 0. The van der Waals surface area contributed by atoms with Crippen molar-refractivity contribution in [1.82, 2.24) is 9.88 Å². The van der Waals surface area contributed by atoms with Gasteiger partial charge in [0, 0.05) is 24.8 Å². The van der Waals surface area contributed by atoms with Gasteiger partial charge in [0.05, 0.1) is 11.1 Å². The minimum absolute atomic E-state index is 0.246. The van der Waals surface area contributed by atoms with Crippen LogP contribution in [0.25, 0.3) is 0 Å².